The molecule has 1 aliphatic heterocycles. The van der Waals surface area contributed by atoms with Crippen LogP contribution in [-0.2, 0) is 11.3 Å². The number of carbonyl (C=O) groups excluding carboxylic acids is 2. The summed E-state index contributed by atoms with van der Waals surface area (Å²) in [7, 11) is 3.11. The van der Waals surface area contributed by atoms with Gasteiger partial charge >= 0.3 is 0 Å². The second-order valence-corrected chi connectivity index (χ2v) is 6.14. The molecular weight excluding hydrogens is 332 g/mol. The van der Waals surface area contributed by atoms with E-state index in [1.807, 2.05) is 17.0 Å². The molecule has 2 aromatic rings. The predicted molar refractivity (Wildman–Crippen MR) is 98.6 cm³/mol. The maximum atomic E-state index is 12.4. The number of hydrogen-bond acceptors (Lipinski definition) is 4. The van der Waals surface area contributed by atoms with Gasteiger partial charge in [-0.3, -0.25) is 9.59 Å². The van der Waals surface area contributed by atoms with Crippen molar-refractivity contribution in [1.82, 2.24) is 4.90 Å². The van der Waals surface area contributed by atoms with Crippen molar-refractivity contribution >= 4 is 17.5 Å². The van der Waals surface area contributed by atoms with Gasteiger partial charge in [-0.15, -0.1) is 0 Å². The highest BCUT2D eigenvalue weighted by Gasteiger charge is 2.20. The monoisotopic (exact) mass is 354 g/mol. The normalized spacial score (nSPS) is 13.6. The number of methoxy groups -OCH3 is 2. The molecule has 0 aromatic heterocycles. The Morgan fingerprint density at radius 3 is 2.42 bits per heavy atom. The lowest BCUT2D eigenvalue weighted by Gasteiger charge is -2.15. The lowest BCUT2D eigenvalue weighted by Crippen LogP contribution is -2.23. The molecule has 2 aromatic carbocycles. The average Bonchev–Trinajstić information content (AvgIpc) is 3.06. The van der Waals surface area contributed by atoms with E-state index >= 15 is 0 Å². The topological polar surface area (TPSA) is 67.9 Å². The van der Waals surface area contributed by atoms with E-state index in [9.17, 15) is 9.59 Å². The van der Waals surface area contributed by atoms with Crippen LogP contribution in [0.2, 0.25) is 0 Å². The van der Waals surface area contributed by atoms with Gasteiger partial charge in [0.1, 0.15) is 0 Å². The molecule has 1 saturated heterocycles. The minimum absolute atomic E-state index is 0.195. The minimum Gasteiger partial charge on any atom is -0.493 e. The maximum absolute atomic E-state index is 12.4. The van der Waals surface area contributed by atoms with Gasteiger partial charge in [0.2, 0.25) is 5.91 Å². The van der Waals surface area contributed by atoms with Crippen molar-refractivity contribution in [1.29, 1.82) is 0 Å². The van der Waals surface area contributed by atoms with Gasteiger partial charge in [0, 0.05) is 36.8 Å². The van der Waals surface area contributed by atoms with Crippen molar-refractivity contribution in [3.63, 3.8) is 0 Å². The number of hydrogen-bond donors (Lipinski definition) is 1. The van der Waals surface area contributed by atoms with E-state index in [1.54, 1.807) is 44.6 Å². The largest absolute Gasteiger partial charge is 0.493 e. The lowest BCUT2D eigenvalue weighted by atomic mass is 10.1. The van der Waals surface area contributed by atoms with Crippen LogP contribution in [0.3, 0.4) is 0 Å². The Morgan fingerprint density at radius 1 is 1.08 bits per heavy atom. The Hall–Kier alpha value is -3.02. The van der Waals surface area contributed by atoms with E-state index in [4.69, 9.17) is 9.47 Å². The number of anilines is 1. The van der Waals surface area contributed by atoms with Gasteiger partial charge in [0.05, 0.1) is 14.2 Å². The summed E-state index contributed by atoms with van der Waals surface area (Å²) in [6, 6.07) is 12.5. The second-order valence-electron chi connectivity index (χ2n) is 6.14. The van der Waals surface area contributed by atoms with Crippen molar-refractivity contribution in [2.75, 3.05) is 26.1 Å². The molecular formula is C20H22N2O4. The molecule has 136 valence electrons. The van der Waals surface area contributed by atoms with Crippen molar-refractivity contribution < 1.29 is 19.1 Å². The minimum atomic E-state index is -0.207. The SMILES string of the molecule is COc1ccc(NC(=O)c2ccc(CN3CCCC3=O)cc2)cc1OC. The van der Waals surface area contributed by atoms with Crippen molar-refractivity contribution in [2.24, 2.45) is 0 Å². The summed E-state index contributed by atoms with van der Waals surface area (Å²) in [5.74, 6) is 1.14. The Labute approximate surface area is 152 Å². The zero-order valence-electron chi connectivity index (χ0n) is 15.0. The first-order valence-corrected chi connectivity index (χ1v) is 8.51. The summed E-state index contributed by atoms with van der Waals surface area (Å²) >= 11 is 0. The van der Waals surface area contributed by atoms with Crippen LogP contribution < -0.4 is 14.8 Å². The summed E-state index contributed by atoms with van der Waals surface area (Å²) in [6.07, 6.45) is 1.55. The summed E-state index contributed by atoms with van der Waals surface area (Å²) in [6.45, 7) is 1.40. The highest BCUT2D eigenvalue weighted by molar-refractivity contribution is 6.04. The highest BCUT2D eigenvalue weighted by atomic mass is 16.5. The van der Waals surface area contributed by atoms with Gasteiger partial charge in [-0.05, 0) is 36.2 Å². The second kappa shape index (κ2) is 7.91. The molecule has 0 spiro atoms. The van der Waals surface area contributed by atoms with Crippen LogP contribution in [0, 0.1) is 0 Å². The Balaban J connectivity index is 1.65. The van der Waals surface area contributed by atoms with Crippen LogP contribution in [0.25, 0.3) is 0 Å². The van der Waals surface area contributed by atoms with Crippen LogP contribution in [0.4, 0.5) is 5.69 Å². The number of nitrogens with one attached hydrogen (secondary N) is 1. The zero-order valence-corrected chi connectivity index (χ0v) is 15.0. The highest BCUT2D eigenvalue weighted by Crippen LogP contribution is 2.29. The molecule has 1 aliphatic rings. The van der Waals surface area contributed by atoms with Crippen LogP contribution in [-0.4, -0.2) is 37.5 Å². The molecule has 1 N–H and O–H groups in total. The molecule has 1 fully saturated rings. The van der Waals surface area contributed by atoms with Gasteiger partial charge in [-0.25, -0.2) is 0 Å². The van der Waals surface area contributed by atoms with E-state index in [0.29, 0.717) is 35.7 Å². The molecule has 0 aliphatic carbocycles. The molecule has 0 atom stereocenters. The molecule has 0 saturated carbocycles. The number of likely N-dealkylation sites (tertiary alicyclic amines) is 1. The third kappa shape index (κ3) is 3.96. The smallest absolute Gasteiger partial charge is 0.255 e. The summed E-state index contributed by atoms with van der Waals surface area (Å²) < 4.78 is 10.4. The first kappa shape index (κ1) is 17.8. The van der Waals surface area contributed by atoms with E-state index in [-0.39, 0.29) is 11.8 Å². The molecule has 0 bridgehead atoms. The van der Waals surface area contributed by atoms with E-state index in [0.717, 1.165) is 18.5 Å². The third-order valence-corrected chi connectivity index (χ3v) is 4.40. The fraction of sp³-hybridized carbons (Fsp3) is 0.300. The molecule has 6 heteroatoms. The van der Waals surface area contributed by atoms with Crippen molar-refractivity contribution in [3.05, 3.63) is 53.6 Å². The van der Waals surface area contributed by atoms with E-state index in [1.165, 1.54) is 0 Å². The quantitative estimate of drug-likeness (QED) is 0.866. The van der Waals surface area contributed by atoms with Crippen LogP contribution in [0.1, 0.15) is 28.8 Å². The first-order valence-electron chi connectivity index (χ1n) is 8.51. The Morgan fingerprint density at radius 2 is 1.81 bits per heavy atom. The molecule has 6 nitrogen and oxygen atoms in total. The van der Waals surface area contributed by atoms with Gasteiger partial charge in [0.15, 0.2) is 11.5 Å². The number of benzene rings is 2. The number of nitrogens with zero attached hydrogens (tertiary/aromatic N) is 1. The van der Waals surface area contributed by atoms with Gasteiger partial charge in [-0.1, -0.05) is 12.1 Å². The molecule has 3 rings (SSSR count). The summed E-state index contributed by atoms with van der Waals surface area (Å²) in [5, 5.41) is 2.84. The lowest BCUT2D eigenvalue weighted by molar-refractivity contribution is -0.128. The Bertz CT molecular complexity index is 802. The fourth-order valence-corrected chi connectivity index (χ4v) is 2.97. The van der Waals surface area contributed by atoms with Gasteiger partial charge in [0.25, 0.3) is 5.91 Å². The van der Waals surface area contributed by atoms with E-state index in [2.05, 4.69) is 5.32 Å². The third-order valence-electron chi connectivity index (χ3n) is 4.40. The average molecular weight is 354 g/mol. The van der Waals surface area contributed by atoms with Gasteiger partial charge < -0.3 is 19.7 Å². The number of amides is 2. The number of rotatable bonds is 6. The number of carbonyl (C=O) groups is 2. The standard InChI is InChI=1S/C20H22N2O4/c1-25-17-10-9-16(12-18(17)26-2)21-20(24)15-7-5-14(6-8-15)13-22-11-3-4-19(22)23/h5-10,12H,3-4,11,13H2,1-2H3,(H,21,24). The van der Waals surface area contributed by atoms with Crippen molar-refractivity contribution in [2.45, 2.75) is 19.4 Å². The summed E-state index contributed by atoms with van der Waals surface area (Å²) in [4.78, 5) is 26.0. The molecule has 1 heterocycles. The van der Waals surface area contributed by atoms with Crippen LogP contribution in [0.15, 0.2) is 42.5 Å². The molecule has 2 amide bonds. The Kier molecular flexibility index (Phi) is 5.41. The number of ether oxygens (including phenoxy) is 2. The van der Waals surface area contributed by atoms with E-state index < -0.39 is 0 Å². The maximum Gasteiger partial charge on any atom is 0.255 e. The molecule has 26 heavy (non-hydrogen) atoms. The molecule has 0 radical (unpaired) electrons. The first-order chi connectivity index (χ1) is 12.6. The fourth-order valence-electron chi connectivity index (χ4n) is 2.97. The zero-order chi connectivity index (χ0) is 18.5. The predicted octanol–water partition coefficient (Wildman–Crippen LogP) is 3.08. The van der Waals surface area contributed by atoms with Gasteiger partial charge in [-0.2, -0.15) is 0 Å². The molecule has 0 unspecified atom stereocenters. The van der Waals surface area contributed by atoms with Crippen LogP contribution in [0.5, 0.6) is 11.5 Å². The van der Waals surface area contributed by atoms with Crippen LogP contribution >= 0.6 is 0 Å². The summed E-state index contributed by atoms with van der Waals surface area (Å²) in [5.41, 5.74) is 2.19. The van der Waals surface area contributed by atoms with Crippen molar-refractivity contribution in [3.8, 4) is 11.5 Å².